The van der Waals surface area contributed by atoms with E-state index in [0.29, 0.717) is 5.57 Å². The van der Waals surface area contributed by atoms with Gasteiger partial charge in [0, 0.05) is 5.57 Å². The molecule has 0 heterocycles. The molecule has 0 saturated heterocycles. The Morgan fingerprint density at radius 1 is 1.00 bits per heavy atom. The molecule has 1 amide bonds. The number of halogens is 1. The molecule has 0 unspecified atom stereocenters. The largest absolute Gasteiger partial charge is 0.366 e. The molecule has 0 saturated carbocycles. The van der Waals surface area contributed by atoms with Crippen LogP contribution < -0.4 is 5.73 Å². The van der Waals surface area contributed by atoms with E-state index in [-0.39, 0.29) is 12.4 Å². The smallest absolute Gasteiger partial charge is 0.243 e. The van der Waals surface area contributed by atoms with Gasteiger partial charge in [-0.1, -0.05) is 6.58 Å². The lowest BCUT2D eigenvalue weighted by Crippen LogP contribution is -2.10. The molecule has 0 aromatic rings. The molecule has 2 N–H and O–H groups in total. The van der Waals surface area contributed by atoms with Crippen LogP contribution in [0.2, 0.25) is 0 Å². The average molecular weight is 240 g/mol. The van der Waals surface area contributed by atoms with E-state index in [0.717, 1.165) is 0 Å². The third kappa shape index (κ3) is 150. The number of primary amides is 1. The first-order chi connectivity index (χ1) is 6.11. The van der Waals surface area contributed by atoms with Crippen LogP contribution in [0.3, 0.4) is 0 Å². The number of nitrogens with two attached hydrogens (primary N) is 1. The first kappa shape index (κ1) is 23.9. The molecule has 15 heavy (non-hydrogen) atoms. The second kappa shape index (κ2) is 15.9. The van der Waals surface area contributed by atoms with Gasteiger partial charge in [0.05, 0.1) is 0 Å². The van der Waals surface area contributed by atoms with Crippen molar-refractivity contribution in [2.45, 2.75) is 6.92 Å². The van der Waals surface area contributed by atoms with E-state index < -0.39 is 5.91 Å². The molecule has 0 bridgehead atoms. The van der Waals surface area contributed by atoms with Crippen molar-refractivity contribution in [1.29, 1.82) is 0 Å². The molecule has 0 aliphatic heterocycles. The van der Waals surface area contributed by atoms with Crippen LogP contribution in [0.15, 0.2) is 12.2 Å². The molecule has 0 aromatic heterocycles. The normalized spacial score (nSPS) is 7.80. The van der Waals surface area contributed by atoms with E-state index >= 15 is 0 Å². The van der Waals surface area contributed by atoms with Crippen LogP contribution in [0, 0.1) is 0 Å². The topological polar surface area (TPSA) is 49.6 Å². The highest BCUT2D eigenvalue weighted by Crippen LogP contribution is 1.78. The minimum absolute atomic E-state index is 0. The number of hydrogen-bond donors (Lipinski definition) is 1. The number of hydrogen-bond acceptors (Lipinski definition) is 3. The zero-order valence-electron chi connectivity index (χ0n) is 11.0. The maximum absolute atomic E-state index is 9.82. The maximum atomic E-state index is 9.82. The van der Waals surface area contributed by atoms with Gasteiger partial charge in [0.1, 0.15) is 0 Å². The number of carbonyl (C=O) groups excluding carboxylic acids is 1. The first-order valence-corrected chi connectivity index (χ1v) is 4.28. The van der Waals surface area contributed by atoms with Crippen LogP contribution in [0.5, 0.6) is 0 Å². The molecule has 0 radical (unpaired) electrons. The minimum Gasteiger partial charge on any atom is -0.366 e. The highest BCUT2D eigenvalue weighted by molar-refractivity contribution is 5.90. The number of carbonyl (C=O) groups is 1. The quantitative estimate of drug-likeness (QED) is 0.690. The molecule has 94 valence electrons. The Hall–Kier alpha value is -0.580. The van der Waals surface area contributed by atoms with E-state index in [9.17, 15) is 4.79 Å². The molecular formula is C10H26ClN3O. The van der Waals surface area contributed by atoms with Gasteiger partial charge in [-0.25, -0.2) is 0 Å². The molecule has 0 aromatic carbocycles. The SMILES string of the molecule is C=C(C)C(N)=O.CN(C)C.CN(C)C.Cl. The minimum atomic E-state index is -0.435. The van der Waals surface area contributed by atoms with Gasteiger partial charge in [0.2, 0.25) is 5.91 Å². The highest BCUT2D eigenvalue weighted by atomic mass is 35.5. The molecule has 0 fully saturated rings. The summed E-state index contributed by atoms with van der Waals surface area (Å²) in [6, 6.07) is 0. The second-order valence-corrected chi connectivity index (χ2v) is 3.83. The van der Waals surface area contributed by atoms with Crippen molar-refractivity contribution in [3.05, 3.63) is 12.2 Å². The zero-order chi connectivity index (χ0) is 12.3. The van der Waals surface area contributed by atoms with Gasteiger partial charge in [-0.3, -0.25) is 4.79 Å². The van der Waals surface area contributed by atoms with Crippen LogP contribution in [0.1, 0.15) is 6.92 Å². The summed E-state index contributed by atoms with van der Waals surface area (Å²) >= 11 is 0. The second-order valence-electron chi connectivity index (χ2n) is 3.83. The Morgan fingerprint density at radius 2 is 1.07 bits per heavy atom. The van der Waals surface area contributed by atoms with E-state index in [4.69, 9.17) is 5.73 Å². The fourth-order valence-corrected chi connectivity index (χ4v) is 0. The Bertz CT molecular complexity index is 135. The molecular weight excluding hydrogens is 214 g/mol. The summed E-state index contributed by atoms with van der Waals surface area (Å²) in [5.74, 6) is -0.435. The standard InChI is InChI=1S/C4H7NO.2C3H9N.ClH/c1-3(2)4(5)6;2*1-4(2)3;/h1H2,2H3,(H2,5,6);2*1-3H3;1H. The molecule has 0 aliphatic rings. The van der Waals surface area contributed by atoms with E-state index in [2.05, 4.69) is 6.58 Å². The van der Waals surface area contributed by atoms with Gasteiger partial charge in [0.15, 0.2) is 0 Å². The van der Waals surface area contributed by atoms with Crippen LogP contribution in [-0.2, 0) is 4.79 Å². The fraction of sp³-hybridized carbons (Fsp3) is 0.700. The van der Waals surface area contributed by atoms with Crippen LogP contribution in [0.25, 0.3) is 0 Å². The summed E-state index contributed by atoms with van der Waals surface area (Å²) in [4.78, 5) is 13.8. The fourth-order valence-electron chi connectivity index (χ4n) is 0. The highest BCUT2D eigenvalue weighted by Gasteiger charge is 1.86. The van der Waals surface area contributed by atoms with Crippen molar-refractivity contribution in [2.24, 2.45) is 5.73 Å². The van der Waals surface area contributed by atoms with Crippen molar-refractivity contribution in [1.82, 2.24) is 9.80 Å². The Morgan fingerprint density at radius 3 is 1.07 bits per heavy atom. The monoisotopic (exact) mass is 239 g/mol. The van der Waals surface area contributed by atoms with Crippen LogP contribution in [0.4, 0.5) is 0 Å². The number of amides is 1. The van der Waals surface area contributed by atoms with Crippen LogP contribution in [-0.4, -0.2) is 58.0 Å². The maximum Gasteiger partial charge on any atom is 0.243 e. The third-order valence-corrected chi connectivity index (χ3v) is 0.421. The predicted octanol–water partition coefficient (Wildman–Crippen LogP) is 0.825. The van der Waals surface area contributed by atoms with Gasteiger partial charge < -0.3 is 15.5 Å². The lowest BCUT2D eigenvalue weighted by atomic mass is 10.3. The molecule has 0 aliphatic carbocycles. The van der Waals surface area contributed by atoms with Gasteiger partial charge in [-0.15, -0.1) is 12.4 Å². The number of rotatable bonds is 1. The predicted molar refractivity (Wildman–Crippen MR) is 70.5 cm³/mol. The lowest BCUT2D eigenvalue weighted by molar-refractivity contribution is -0.114. The van der Waals surface area contributed by atoms with Crippen molar-refractivity contribution in [2.75, 3.05) is 42.3 Å². The third-order valence-electron chi connectivity index (χ3n) is 0.421. The Kier molecular flexibility index (Phi) is 25.3. The summed E-state index contributed by atoms with van der Waals surface area (Å²) in [6.45, 7) is 4.85. The number of nitrogens with zero attached hydrogens (tertiary/aromatic N) is 2. The Labute approximate surface area is 101 Å². The summed E-state index contributed by atoms with van der Waals surface area (Å²) in [5.41, 5.74) is 5.09. The van der Waals surface area contributed by atoms with Gasteiger partial charge in [-0.05, 0) is 49.2 Å². The lowest BCUT2D eigenvalue weighted by Gasteiger charge is -1.90. The van der Waals surface area contributed by atoms with Crippen molar-refractivity contribution in [3.63, 3.8) is 0 Å². The average Bonchev–Trinajstić information content (AvgIpc) is 1.83. The van der Waals surface area contributed by atoms with Gasteiger partial charge >= 0.3 is 0 Å². The van der Waals surface area contributed by atoms with Gasteiger partial charge in [0.25, 0.3) is 0 Å². The Balaban J connectivity index is -0.0000000606. The molecule has 0 rings (SSSR count). The first-order valence-electron chi connectivity index (χ1n) is 4.28. The molecule has 5 heteroatoms. The summed E-state index contributed by atoms with van der Waals surface area (Å²) in [5, 5.41) is 0. The molecule has 0 atom stereocenters. The van der Waals surface area contributed by atoms with E-state index in [1.54, 1.807) is 6.92 Å². The molecule has 0 spiro atoms. The van der Waals surface area contributed by atoms with Crippen LogP contribution >= 0.6 is 12.4 Å². The zero-order valence-corrected chi connectivity index (χ0v) is 11.8. The van der Waals surface area contributed by atoms with Gasteiger partial charge in [-0.2, -0.15) is 0 Å². The van der Waals surface area contributed by atoms with E-state index in [1.807, 2.05) is 52.1 Å². The van der Waals surface area contributed by atoms with Crippen molar-refractivity contribution >= 4 is 18.3 Å². The van der Waals surface area contributed by atoms with Crippen molar-refractivity contribution in [3.8, 4) is 0 Å². The van der Waals surface area contributed by atoms with E-state index in [1.165, 1.54) is 0 Å². The summed E-state index contributed by atoms with van der Waals surface area (Å²) < 4.78 is 0. The van der Waals surface area contributed by atoms with Crippen molar-refractivity contribution < 1.29 is 4.79 Å². The summed E-state index contributed by atoms with van der Waals surface area (Å²) in [7, 11) is 12.0. The summed E-state index contributed by atoms with van der Waals surface area (Å²) in [6.07, 6.45) is 0. The molecule has 4 nitrogen and oxygen atoms in total.